The molecule has 0 fully saturated rings. The van der Waals surface area contributed by atoms with Gasteiger partial charge in [0.05, 0.1) is 40.4 Å². The largest absolute Gasteiger partial charge is 0.496 e. The molecule has 1 aromatic heterocycles. The monoisotopic (exact) mass is 578 g/mol. The van der Waals surface area contributed by atoms with Crippen LogP contribution in [0.3, 0.4) is 0 Å². The SMILES string of the molecule is COC(=O)[C@H](Cc1ccc(-c2cc(F)c(F)cc2OC)c2c(Cl)ccnc12)NC(=O)c1c(Cl)cccc1Cl. The van der Waals surface area contributed by atoms with E-state index in [0.717, 1.165) is 12.1 Å². The van der Waals surface area contributed by atoms with E-state index in [4.69, 9.17) is 44.3 Å². The van der Waals surface area contributed by atoms with Crippen LogP contribution >= 0.6 is 34.8 Å². The lowest BCUT2D eigenvalue weighted by Gasteiger charge is -2.19. The number of aromatic nitrogens is 1. The van der Waals surface area contributed by atoms with Crippen molar-refractivity contribution in [1.82, 2.24) is 10.3 Å². The van der Waals surface area contributed by atoms with Gasteiger partial charge in [-0.05, 0) is 35.4 Å². The van der Waals surface area contributed by atoms with Gasteiger partial charge in [0, 0.05) is 29.6 Å². The fourth-order valence-electron chi connectivity index (χ4n) is 4.08. The third-order valence-corrected chi connectivity index (χ3v) is 6.81. The van der Waals surface area contributed by atoms with Crippen molar-refractivity contribution < 1.29 is 27.8 Å². The Bertz CT molecular complexity index is 1550. The molecule has 6 nitrogen and oxygen atoms in total. The highest BCUT2D eigenvalue weighted by Crippen LogP contribution is 2.40. The minimum atomic E-state index is -1.15. The van der Waals surface area contributed by atoms with Gasteiger partial charge in [-0.15, -0.1) is 0 Å². The molecule has 0 spiro atoms. The lowest BCUT2D eigenvalue weighted by Crippen LogP contribution is -2.43. The second kappa shape index (κ2) is 11.5. The maximum absolute atomic E-state index is 14.2. The third-order valence-electron chi connectivity index (χ3n) is 5.86. The average Bonchev–Trinajstić information content (AvgIpc) is 2.89. The predicted octanol–water partition coefficient (Wildman–Crippen LogP) is 6.66. The van der Waals surface area contributed by atoms with Gasteiger partial charge in [-0.2, -0.15) is 0 Å². The van der Waals surface area contributed by atoms with Gasteiger partial charge in [-0.3, -0.25) is 9.78 Å². The maximum atomic E-state index is 14.2. The molecule has 0 aliphatic rings. The van der Waals surface area contributed by atoms with Gasteiger partial charge in [0.2, 0.25) is 0 Å². The van der Waals surface area contributed by atoms with Crippen LogP contribution in [0.15, 0.2) is 54.7 Å². The first kappa shape index (κ1) is 27.6. The molecule has 38 heavy (non-hydrogen) atoms. The number of pyridine rings is 1. The first-order valence-electron chi connectivity index (χ1n) is 11.1. The van der Waals surface area contributed by atoms with Gasteiger partial charge in [0.15, 0.2) is 11.6 Å². The topological polar surface area (TPSA) is 77.5 Å². The first-order chi connectivity index (χ1) is 18.2. The molecule has 0 unspecified atom stereocenters. The van der Waals surface area contributed by atoms with Crippen molar-refractivity contribution in [3.05, 3.63) is 92.6 Å². The zero-order valence-corrected chi connectivity index (χ0v) is 22.2. The number of hydrogen-bond donors (Lipinski definition) is 1. The van der Waals surface area contributed by atoms with Crippen LogP contribution in [0.5, 0.6) is 5.75 Å². The summed E-state index contributed by atoms with van der Waals surface area (Å²) in [4.78, 5) is 30.1. The van der Waals surface area contributed by atoms with Gasteiger partial charge in [0.1, 0.15) is 11.8 Å². The lowest BCUT2D eigenvalue weighted by atomic mass is 9.94. The molecular weight excluding hydrogens is 561 g/mol. The Balaban J connectivity index is 1.79. The number of ether oxygens (including phenoxy) is 2. The summed E-state index contributed by atoms with van der Waals surface area (Å²) in [6.45, 7) is 0. The van der Waals surface area contributed by atoms with Gasteiger partial charge in [0.25, 0.3) is 5.91 Å². The molecule has 0 bridgehead atoms. The van der Waals surface area contributed by atoms with Crippen LogP contribution in [-0.4, -0.2) is 37.1 Å². The maximum Gasteiger partial charge on any atom is 0.328 e. The molecule has 196 valence electrons. The summed E-state index contributed by atoms with van der Waals surface area (Å²) in [5.74, 6) is -3.43. The van der Waals surface area contributed by atoms with Crippen molar-refractivity contribution >= 4 is 57.6 Å². The Kier molecular flexibility index (Phi) is 8.35. The summed E-state index contributed by atoms with van der Waals surface area (Å²) in [6.07, 6.45) is 1.43. The molecule has 0 aliphatic heterocycles. The molecule has 11 heteroatoms. The summed E-state index contributed by atoms with van der Waals surface area (Å²) >= 11 is 18.8. The van der Waals surface area contributed by atoms with E-state index in [1.54, 1.807) is 24.3 Å². The minimum absolute atomic E-state index is 0.0107. The van der Waals surface area contributed by atoms with E-state index in [2.05, 4.69) is 10.3 Å². The average molecular weight is 580 g/mol. The predicted molar refractivity (Wildman–Crippen MR) is 142 cm³/mol. The summed E-state index contributed by atoms with van der Waals surface area (Å²) in [5, 5.41) is 3.54. The lowest BCUT2D eigenvalue weighted by molar-refractivity contribution is -0.142. The van der Waals surface area contributed by atoms with Crippen molar-refractivity contribution in [2.75, 3.05) is 14.2 Å². The van der Waals surface area contributed by atoms with Crippen LogP contribution in [0.1, 0.15) is 15.9 Å². The highest BCUT2D eigenvalue weighted by atomic mass is 35.5. The number of fused-ring (bicyclic) bond motifs is 1. The Morgan fingerprint density at radius 2 is 1.63 bits per heavy atom. The quantitative estimate of drug-likeness (QED) is 0.248. The van der Waals surface area contributed by atoms with E-state index in [1.165, 1.54) is 32.5 Å². The minimum Gasteiger partial charge on any atom is -0.496 e. The molecule has 4 rings (SSSR count). The number of nitrogens with zero attached hydrogens (tertiary/aromatic N) is 1. The van der Waals surface area contributed by atoms with Crippen molar-refractivity contribution in [1.29, 1.82) is 0 Å². The zero-order chi connectivity index (χ0) is 27.6. The Morgan fingerprint density at radius 3 is 2.29 bits per heavy atom. The molecule has 1 heterocycles. The van der Waals surface area contributed by atoms with Gasteiger partial charge in [-0.1, -0.05) is 53.0 Å². The van der Waals surface area contributed by atoms with Crippen molar-refractivity contribution in [3.8, 4) is 16.9 Å². The van der Waals surface area contributed by atoms with Gasteiger partial charge < -0.3 is 14.8 Å². The van der Waals surface area contributed by atoms with Crippen LogP contribution in [-0.2, 0) is 16.0 Å². The number of esters is 1. The zero-order valence-electron chi connectivity index (χ0n) is 20.0. The molecular formula is C27H19Cl3F2N2O4. The van der Waals surface area contributed by atoms with E-state index < -0.39 is 29.6 Å². The number of halogens is 5. The van der Waals surface area contributed by atoms with Crippen LogP contribution in [0.2, 0.25) is 15.1 Å². The molecule has 1 atom stereocenters. The Morgan fingerprint density at radius 1 is 0.947 bits per heavy atom. The summed E-state index contributed by atoms with van der Waals surface area (Å²) in [7, 11) is 2.52. The van der Waals surface area contributed by atoms with E-state index in [-0.39, 0.29) is 38.4 Å². The molecule has 4 aromatic rings. The number of carbonyl (C=O) groups is 2. The summed E-state index contributed by atoms with van der Waals surface area (Å²) < 4.78 is 38.2. The summed E-state index contributed by atoms with van der Waals surface area (Å²) in [6, 6.07) is 10.2. The van der Waals surface area contributed by atoms with E-state index >= 15 is 0 Å². The first-order valence-corrected chi connectivity index (χ1v) is 12.2. The normalized spacial score (nSPS) is 11.8. The highest BCUT2D eigenvalue weighted by Gasteiger charge is 2.27. The number of carbonyl (C=O) groups excluding carboxylic acids is 2. The fourth-order valence-corrected chi connectivity index (χ4v) is 4.90. The molecule has 3 aromatic carbocycles. The fraction of sp³-hybridized carbons (Fsp3) is 0.148. The molecule has 0 saturated carbocycles. The molecule has 0 aliphatic carbocycles. The van der Waals surface area contributed by atoms with Gasteiger partial charge >= 0.3 is 5.97 Å². The van der Waals surface area contributed by atoms with Crippen molar-refractivity contribution in [3.63, 3.8) is 0 Å². The number of amides is 1. The third kappa shape index (κ3) is 5.38. The Labute approximate surface area is 231 Å². The molecule has 1 N–H and O–H groups in total. The standard InChI is InChI=1S/C27H19Cl3F2N2O4/c1-37-22-12-20(32)19(31)11-15(22)14-7-6-13(25-23(14)18(30)8-9-33-25)10-21(27(36)38-2)34-26(35)24-16(28)4-3-5-17(24)29/h3-9,11-12,21H,10H2,1-2H3,(H,34,35)/t21-/m0/s1. The second-order valence-corrected chi connectivity index (χ2v) is 9.33. The second-order valence-electron chi connectivity index (χ2n) is 8.11. The number of rotatable bonds is 7. The number of methoxy groups -OCH3 is 2. The van der Waals surface area contributed by atoms with Crippen LogP contribution < -0.4 is 10.1 Å². The van der Waals surface area contributed by atoms with Crippen molar-refractivity contribution in [2.24, 2.45) is 0 Å². The van der Waals surface area contributed by atoms with Crippen LogP contribution in [0.4, 0.5) is 8.78 Å². The molecule has 1 amide bonds. The van der Waals surface area contributed by atoms with E-state index in [0.29, 0.717) is 22.0 Å². The van der Waals surface area contributed by atoms with Gasteiger partial charge in [-0.25, -0.2) is 13.6 Å². The van der Waals surface area contributed by atoms with Crippen LogP contribution in [0, 0.1) is 11.6 Å². The number of benzene rings is 3. The van der Waals surface area contributed by atoms with Crippen molar-refractivity contribution in [2.45, 2.75) is 12.5 Å². The number of hydrogen-bond acceptors (Lipinski definition) is 5. The Hall–Kier alpha value is -3.46. The summed E-state index contributed by atoms with van der Waals surface area (Å²) in [5.41, 5.74) is 1.59. The van der Waals surface area contributed by atoms with E-state index in [9.17, 15) is 18.4 Å². The van der Waals surface area contributed by atoms with E-state index in [1.807, 2.05) is 0 Å². The highest BCUT2D eigenvalue weighted by molar-refractivity contribution is 6.39. The molecule has 0 saturated heterocycles. The molecule has 0 radical (unpaired) electrons. The van der Waals surface area contributed by atoms with Crippen LogP contribution in [0.25, 0.3) is 22.0 Å². The smallest absolute Gasteiger partial charge is 0.328 e. The number of nitrogens with one attached hydrogen (secondary N) is 1.